The van der Waals surface area contributed by atoms with Crippen molar-refractivity contribution < 1.29 is 0 Å². The molecule has 1 aliphatic rings. The largest absolute Gasteiger partial charge is 0.327 e. The summed E-state index contributed by atoms with van der Waals surface area (Å²) in [6.45, 7) is 4.04. The van der Waals surface area contributed by atoms with E-state index < -0.39 is 0 Å². The van der Waals surface area contributed by atoms with Crippen LogP contribution in [-0.4, -0.2) is 25.6 Å². The molecule has 0 saturated heterocycles. The van der Waals surface area contributed by atoms with Crippen molar-refractivity contribution in [2.45, 2.75) is 45.1 Å². The van der Waals surface area contributed by atoms with E-state index in [2.05, 4.69) is 21.1 Å². The first kappa shape index (κ1) is 13.1. The smallest absolute Gasteiger partial charge is 0.279 e. The molecule has 3 N–H and O–H groups in total. The lowest BCUT2D eigenvalue weighted by atomic mass is 9.89. The zero-order valence-corrected chi connectivity index (χ0v) is 11.8. The molecule has 0 fully saturated rings. The molecule has 1 aliphatic carbocycles. The monoisotopic (exact) mass is 273 g/mol. The van der Waals surface area contributed by atoms with Gasteiger partial charge in [0.2, 0.25) is 5.78 Å². The number of nitrogens with two attached hydrogens (primary N) is 1. The third-order valence-corrected chi connectivity index (χ3v) is 3.83. The average molecular weight is 273 g/mol. The molecule has 6 nitrogen and oxygen atoms in total. The standard InChI is InChI=1S/C14H19N5O/c1-8(2)11-12(9-3-5-10(15)6-4-9)18-14-16-7-17-19(14)13(11)20/h3,7-8,10H,4-6,15H2,1-2H3,(H,16,17,18). The van der Waals surface area contributed by atoms with E-state index in [1.165, 1.54) is 10.8 Å². The average Bonchev–Trinajstić information content (AvgIpc) is 2.87. The molecule has 0 aliphatic heterocycles. The highest BCUT2D eigenvalue weighted by atomic mass is 16.1. The molecule has 106 valence electrons. The summed E-state index contributed by atoms with van der Waals surface area (Å²) in [5, 5.41) is 3.98. The van der Waals surface area contributed by atoms with Gasteiger partial charge in [0, 0.05) is 11.6 Å². The van der Waals surface area contributed by atoms with Crippen LogP contribution in [0.15, 0.2) is 17.2 Å². The van der Waals surface area contributed by atoms with Crippen LogP contribution in [0.1, 0.15) is 50.3 Å². The minimum Gasteiger partial charge on any atom is -0.327 e. The van der Waals surface area contributed by atoms with Gasteiger partial charge in [-0.15, -0.1) is 0 Å². The number of nitrogens with one attached hydrogen (secondary N) is 1. The van der Waals surface area contributed by atoms with Gasteiger partial charge < -0.3 is 10.7 Å². The molecule has 20 heavy (non-hydrogen) atoms. The van der Waals surface area contributed by atoms with Gasteiger partial charge in [-0.1, -0.05) is 19.9 Å². The fourth-order valence-electron chi connectivity index (χ4n) is 2.75. The maximum Gasteiger partial charge on any atom is 0.279 e. The van der Waals surface area contributed by atoms with Gasteiger partial charge in [-0.3, -0.25) is 4.79 Å². The van der Waals surface area contributed by atoms with E-state index >= 15 is 0 Å². The number of allylic oxidation sites excluding steroid dienone is 1. The van der Waals surface area contributed by atoms with Gasteiger partial charge >= 0.3 is 0 Å². The highest BCUT2D eigenvalue weighted by Gasteiger charge is 2.21. The summed E-state index contributed by atoms with van der Waals surface area (Å²) in [4.78, 5) is 19.9. The molecule has 3 rings (SSSR count). The van der Waals surface area contributed by atoms with Crippen molar-refractivity contribution in [3.63, 3.8) is 0 Å². The molecule has 0 aromatic carbocycles. The number of hydrogen-bond donors (Lipinski definition) is 2. The van der Waals surface area contributed by atoms with Gasteiger partial charge in [0.05, 0.1) is 5.69 Å². The van der Waals surface area contributed by atoms with E-state index in [0.29, 0.717) is 5.78 Å². The van der Waals surface area contributed by atoms with Gasteiger partial charge in [0.15, 0.2) is 0 Å². The zero-order valence-electron chi connectivity index (χ0n) is 11.8. The summed E-state index contributed by atoms with van der Waals surface area (Å²) < 4.78 is 1.33. The molecule has 0 bridgehead atoms. The van der Waals surface area contributed by atoms with E-state index in [1.54, 1.807) is 0 Å². The Balaban J connectivity index is 2.23. The number of nitrogens with zero attached hydrogens (tertiary/aromatic N) is 3. The van der Waals surface area contributed by atoms with Crippen LogP contribution in [0.4, 0.5) is 0 Å². The number of H-pyrrole nitrogens is 1. The number of aromatic amines is 1. The maximum absolute atomic E-state index is 12.5. The topological polar surface area (TPSA) is 89.1 Å². The molecular formula is C14H19N5O. The van der Waals surface area contributed by atoms with E-state index in [1.807, 2.05) is 13.8 Å². The highest BCUT2D eigenvalue weighted by molar-refractivity contribution is 5.67. The molecule has 6 heteroatoms. The van der Waals surface area contributed by atoms with Crippen LogP contribution >= 0.6 is 0 Å². The zero-order chi connectivity index (χ0) is 14.3. The van der Waals surface area contributed by atoms with Crippen molar-refractivity contribution in [1.82, 2.24) is 19.6 Å². The van der Waals surface area contributed by atoms with E-state index in [9.17, 15) is 4.79 Å². The summed E-state index contributed by atoms with van der Waals surface area (Å²) in [6.07, 6.45) is 6.22. The van der Waals surface area contributed by atoms with Crippen LogP contribution in [0.2, 0.25) is 0 Å². The molecular weight excluding hydrogens is 254 g/mol. The normalized spacial score (nSPS) is 19.6. The molecule has 2 aromatic rings. The van der Waals surface area contributed by atoms with Crippen molar-refractivity contribution in [3.8, 4) is 0 Å². The van der Waals surface area contributed by atoms with Crippen molar-refractivity contribution in [3.05, 3.63) is 34.0 Å². The summed E-state index contributed by atoms with van der Waals surface area (Å²) in [5.41, 5.74) is 8.68. The minimum absolute atomic E-state index is 0.0861. The third kappa shape index (κ3) is 2.06. The van der Waals surface area contributed by atoms with Crippen LogP contribution < -0.4 is 11.3 Å². The fourth-order valence-corrected chi connectivity index (χ4v) is 2.75. The van der Waals surface area contributed by atoms with Crippen LogP contribution in [-0.2, 0) is 0 Å². The van der Waals surface area contributed by atoms with Gasteiger partial charge in [0.25, 0.3) is 5.56 Å². The van der Waals surface area contributed by atoms with Crippen molar-refractivity contribution in [2.75, 3.05) is 0 Å². The summed E-state index contributed by atoms with van der Waals surface area (Å²) in [5.74, 6) is 0.615. The van der Waals surface area contributed by atoms with E-state index in [4.69, 9.17) is 5.73 Å². The summed E-state index contributed by atoms with van der Waals surface area (Å²) >= 11 is 0. The SMILES string of the molecule is CC(C)c1c(C2=CCC(N)CC2)[nH]c2ncnn2c1=O. The maximum atomic E-state index is 12.5. The molecule has 2 heterocycles. The molecule has 0 saturated carbocycles. The Labute approximate surface area is 116 Å². The van der Waals surface area contributed by atoms with Gasteiger partial charge in [-0.2, -0.15) is 14.6 Å². The summed E-state index contributed by atoms with van der Waals surface area (Å²) in [6, 6.07) is 0.227. The number of aromatic nitrogens is 4. The second-order valence-electron chi connectivity index (χ2n) is 5.63. The minimum atomic E-state index is -0.0861. The second kappa shape index (κ2) is 4.86. The number of hydrogen-bond acceptors (Lipinski definition) is 4. The lowest BCUT2D eigenvalue weighted by Crippen LogP contribution is -2.26. The van der Waals surface area contributed by atoms with Crippen molar-refractivity contribution in [2.24, 2.45) is 5.73 Å². The first-order valence-corrected chi connectivity index (χ1v) is 6.99. The van der Waals surface area contributed by atoms with Crippen LogP contribution in [0.3, 0.4) is 0 Å². The Morgan fingerprint density at radius 2 is 2.30 bits per heavy atom. The van der Waals surface area contributed by atoms with E-state index in [-0.39, 0.29) is 17.5 Å². The van der Waals surface area contributed by atoms with Crippen LogP contribution in [0.5, 0.6) is 0 Å². The first-order chi connectivity index (χ1) is 9.58. The Morgan fingerprint density at radius 1 is 1.50 bits per heavy atom. The Morgan fingerprint density at radius 3 is 2.95 bits per heavy atom. The van der Waals surface area contributed by atoms with Gasteiger partial charge in [-0.05, 0) is 30.8 Å². The van der Waals surface area contributed by atoms with E-state index in [0.717, 1.165) is 36.1 Å². The predicted octanol–water partition coefficient (Wildman–Crippen LogP) is 1.44. The number of rotatable bonds is 2. The molecule has 0 amide bonds. The Kier molecular flexibility index (Phi) is 3.17. The second-order valence-corrected chi connectivity index (χ2v) is 5.63. The summed E-state index contributed by atoms with van der Waals surface area (Å²) in [7, 11) is 0. The molecule has 2 aromatic heterocycles. The quantitative estimate of drug-likeness (QED) is 0.866. The van der Waals surface area contributed by atoms with Crippen LogP contribution in [0, 0.1) is 0 Å². The fraction of sp³-hybridized carbons (Fsp3) is 0.500. The number of fused-ring (bicyclic) bond motifs is 1. The van der Waals surface area contributed by atoms with Gasteiger partial charge in [0.1, 0.15) is 6.33 Å². The lowest BCUT2D eigenvalue weighted by molar-refractivity contribution is 0.612. The molecule has 0 spiro atoms. The molecule has 1 unspecified atom stereocenters. The highest BCUT2D eigenvalue weighted by Crippen LogP contribution is 2.29. The Hall–Kier alpha value is -1.95. The Bertz CT molecular complexity index is 725. The van der Waals surface area contributed by atoms with Crippen LogP contribution in [0.25, 0.3) is 11.4 Å². The third-order valence-electron chi connectivity index (χ3n) is 3.83. The lowest BCUT2D eigenvalue weighted by Gasteiger charge is -2.21. The van der Waals surface area contributed by atoms with Gasteiger partial charge in [-0.25, -0.2) is 0 Å². The predicted molar refractivity (Wildman–Crippen MR) is 77.5 cm³/mol. The van der Waals surface area contributed by atoms with Crippen molar-refractivity contribution >= 4 is 11.4 Å². The molecule has 0 radical (unpaired) electrons. The van der Waals surface area contributed by atoms with Crippen molar-refractivity contribution in [1.29, 1.82) is 0 Å². The first-order valence-electron chi connectivity index (χ1n) is 6.99. The molecule has 1 atom stereocenters.